The lowest BCUT2D eigenvalue weighted by molar-refractivity contribution is -0.149. The number of nitrogens with zero attached hydrogens (tertiary/aromatic N) is 1. The van der Waals surface area contributed by atoms with Crippen LogP contribution in [-0.4, -0.2) is 23.0 Å². The monoisotopic (exact) mass is 382 g/mol. The van der Waals surface area contributed by atoms with Crippen molar-refractivity contribution in [2.75, 3.05) is 0 Å². The third kappa shape index (κ3) is 6.06. The Morgan fingerprint density at radius 1 is 1.07 bits per heavy atom. The number of hydrogen-bond donors (Lipinski definition) is 1. The van der Waals surface area contributed by atoms with Crippen LogP contribution in [0, 0.1) is 5.92 Å². The van der Waals surface area contributed by atoms with Crippen molar-refractivity contribution in [3.63, 3.8) is 0 Å². The minimum Gasteiger partial charge on any atom is -0.458 e. The zero-order chi connectivity index (χ0) is 19.8. The molecule has 0 amide bonds. The molecular formula is C23H30N2O3. The Kier molecular flexibility index (Phi) is 7.43. The highest BCUT2D eigenvalue weighted by atomic mass is 16.5. The maximum atomic E-state index is 12.7. The predicted octanol–water partition coefficient (Wildman–Crippen LogP) is 4.86. The molecule has 1 aliphatic rings. The van der Waals surface area contributed by atoms with Crippen molar-refractivity contribution >= 4 is 5.97 Å². The van der Waals surface area contributed by atoms with Crippen molar-refractivity contribution in [3.8, 4) is 11.6 Å². The van der Waals surface area contributed by atoms with Crippen molar-refractivity contribution in [3.05, 3.63) is 54.2 Å². The van der Waals surface area contributed by atoms with Gasteiger partial charge in [-0.3, -0.25) is 4.79 Å². The van der Waals surface area contributed by atoms with Crippen LogP contribution in [0.2, 0.25) is 0 Å². The van der Waals surface area contributed by atoms with Gasteiger partial charge in [-0.05, 0) is 37.0 Å². The number of para-hydroxylation sites is 1. The molecule has 1 saturated carbocycles. The van der Waals surface area contributed by atoms with Gasteiger partial charge in [-0.1, -0.05) is 57.4 Å². The molecular weight excluding hydrogens is 352 g/mol. The highest BCUT2D eigenvalue weighted by Gasteiger charge is 2.27. The Morgan fingerprint density at radius 3 is 2.54 bits per heavy atom. The second-order valence-electron chi connectivity index (χ2n) is 7.71. The van der Waals surface area contributed by atoms with E-state index >= 15 is 0 Å². The molecule has 1 aromatic heterocycles. The van der Waals surface area contributed by atoms with E-state index in [0.717, 1.165) is 18.6 Å². The van der Waals surface area contributed by atoms with Gasteiger partial charge in [-0.15, -0.1) is 0 Å². The smallest absolute Gasteiger partial charge is 0.323 e. The van der Waals surface area contributed by atoms with Gasteiger partial charge in [-0.25, -0.2) is 4.98 Å². The highest BCUT2D eigenvalue weighted by Crippen LogP contribution is 2.21. The zero-order valence-electron chi connectivity index (χ0n) is 16.8. The number of carbonyl (C=O) groups excluding carboxylic acids is 1. The van der Waals surface area contributed by atoms with Crippen molar-refractivity contribution in [1.82, 2.24) is 10.3 Å². The summed E-state index contributed by atoms with van der Waals surface area (Å²) in [6.07, 6.45) is 6.03. The molecule has 150 valence electrons. The van der Waals surface area contributed by atoms with E-state index in [1.165, 1.54) is 19.3 Å². The van der Waals surface area contributed by atoms with Crippen molar-refractivity contribution in [1.29, 1.82) is 0 Å². The molecule has 0 spiro atoms. The van der Waals surface area contributed by atoms with Crippen LogP contribution in [-0.2, 0) is 16.1 Å². The van der Waals surface area contributed by atoms with Gasteiger partial charge < -0.3 is 14.8 Å². The van der Waals surface area contributed by atoms with Crippen LogP contribution in [0.4, 0.5) is 0 Å². The van der Waals surface area contributed by atoms with E-state index in [4.69, 9.17) is 9.47 Å². The zero-order valence-corrected chi connectivity index (χ0v) is 16.8. The van der Waals surface area contributed by atoms with Gasteiger partial charge in [0, 0.05) is 12.1 Å². The Labute approximate surface area is 167 Å². The van der Waals surface area contributed by atoms with E-state index in [2.05, 4.69) is 10.3 Å². The Balaban J connectivity index is 1.55. The van der Waals surface area contributed by atoms with Gasteiger partial charge in [0.2, 0.25) is 5.88 Å². The molecule has 1 aromatic carbocycles. The molecule has 0 aliphatic heterocycles. The molecule has 1 fully saturated rings. The number of pyridine rings is 1. The maximum Gasteiger partial charge on any atom is 0.323 e. The number of esters is 1. The molecule has 0 bridgehead atoms. The van der Waals surface area contributed by atoms with Crippen LogP contribution >= 0.6 is 0 Å². The fourth-order valence-electron chi connectivity index (χ4n) is 3.49. The van der Waals surface area contributed by atoms with E-state index < -0.39 is 0 Å². The fourth-order valence-corrected chi connectivity index (χ4v) is 3.49. The molecule has 0 radical (unpaired) electrons. The lowest BCUT2D eigenvalue weighted by Crippen LogP contribution is -2.47. The normalized spacial score (nSPS) is 16.0. The molecule has 3 rings (SSSR count). The molecule has 5 nitrogen and oxygen atoms in total. The largest absolute Gasteiger partial charge is 0.458 e. The third-order valence-corrected chi connectivity index (χ3v) is 5.05. The summed E-state index contributed by atoms with van der Waals surface area (Å²) in [6.45, 7) is 4.24. The molecule has 1 heterocycles. The minimum absolute atomic E-state index is 0.139. The Bertz CT molecular complexity index is 743. The third-order valence-electron chi connectivity index (χ3n) is 5.05. The highest BCUT2D eigenvalue weighted by molar-refractivity contribution is 5.76. The quantitative estimate of drug-likeness (QED) is 0.661. The first-order chi connectivity index (χ1) is 13.6. The lowest BCUT2D eigenvalue weighted by atomic mass is 9.93. The lowest BCUT2D eigenvalue weighted by Gasteiger charge is -2.29. The average molecular weight is 383 g/mol. The SMILES string of the molecule is CC(C)C(NC1CCCCC1)C(=O)OCc1cccc(Oc2ccccc2)n1. The predicted molar refractivity (Wildman–Crippen MR) is 109 cm³/mol. The number of benzene rings is 1. The van der Waals surface area contributed by atoms with E-state index in [1.54, 1.807) is 6.07 Å². The topological polar surface area (TPSA) is 60.5 Å². The number of hydrogen-bond acceptors (Lipinski definition) is 5. The number of ether oxygens (including phenoxy) is 2. The first kappa shape index (κ1) is 20.3. The number of rotatable bonds is 8. The average Bonchev–Trinajstić information content (AvgIpc) is 2.72. The van der Waals surface area contributed by atoms with Crippen LogP contribution in [0.25, 0.3) is 0 Å². The maximum absolute atomic E-state index is 12.7. The van der Waals surface area contributed by atoms with E-state index in [0.29, 0.717) is 17.6 Å². The van der Waals surface area contributed by atoms with Crippen molar-refractivity contribution in [2.24, 2.45) is 5.92 Å². The first-order valence-corrected chi connectivity index (χ1v) is 10.2. The molecule has 1 N–H and O–H groups in total. The van der Waals surface area contributed by atoms with Crippen LogP contribution in [0.1, 0.15) is 51.6 Å². The molecule has 1 unspecified atom stereocenters. The summed E-state index contributed by atoms with van der Waals surface area (Å²) in [6, 6.07) is 15.1. The van der Waals surface area contributed by atoms with Gasteiger partial charge in [0.25, 0.3) is 0 Å². The molecule has 1 atom stereocenters. The van der Waals surface area contributed by atoms with Crippen molar-refractivity contribution in [2.45, 2.75) is 64.6 Å². The second-order valence-corrected chi connectivity index (χ2v) is 7.71. The molecule has 0 saturated heterocycles. The Morgan fingerprint density at radius 2 is 1.82 bits per heavy atom. The van der Waals surface area contributed by atoms with E-state index in [1.807, 2.05) is 56.3 Å². The number of nitrogens with one attached hydrogen (secondary N) is 1. The standard InChI is InChI=1S/C23H30N2O3/c1-17(2)22(25-18-10-5-3-6-11-18)23(26)27-16-19-12-9-15-21(24-19)28-20-13-7-4-8-14-20/h4,7-9,12-15,17-18,22,25H,3,5-6,10-11,16H2,1-2H3. The van der Waals surface area contributed by atoms with Crippen LogP contribution in [0.5, 0.6) is 11.6 Å². The second kappa shape index (κ2) is 10.2. The summed E-state index contributed by atoms with van der Waals surface area (Å²) >= 11 is 0. The summed E-state index contributed by atoms with van der Waals surface area (Å²) in [5, 5.41) is 3.52. The van der Waals surface area contributed by atoms with Gasteiger partial charge in [0.05, 0.1) is 5.69 Å². The molecule has 5 heteroatoms. The molecule has 28 heavy (non-hydrogen) atoms. The van der Waals surface area contributed by atoms with Gasteiger partial charge in [0.15, 0.2) is 0 Å². The van der Waals surface area contributed by atoms with Gasteiger partial charge in [-0.2, -0.15) is 0 Å². The van der Waals surface area contributed by atoms with Crippen LogP contribution in [0.3, 0.4) is 0 Å². The van der Waals surface area contributed by atoms with Gasteiger partial charge >= 0.3 is 5.97 Å². The molecule has 1 aliphatic carbocycles. The summed E-state index contributed by atoms with van der Waals surface area (Å²) < 4.78 is 11.3. The fraction of sp³-hybridized carbons (Fsp3) is 0.478. The summed E-state index contributed by atoms with van der Waals surface area (Å²) in [4.78, 5) is 17.1. The van der Waals surface area contributed by atoms with Crippen LogP contribution < -0.4 is 10.1 Å². The summed E-state index contributed by atoms with van der Waals surface area (Å²) in [5.74, 6) is 1.17. The van der Waals surface area contributed by atoms with E-state index in [-0.39, 0.29) is 24.5 Å². The summed E-state index contributed by atoms with van der Waals surface area (Å²) in [7, 11) is 0. The molecule has 2 aromatic rings. The van der Waals surface area contributed by atoms with Gasteiger partial charge in [0.1, 0.15) is 18.4 Å². The first-order valence-electron chi connectivity index (χ1n) is 10.2. The number of aromatic nitrogens is 1. The summed E-state index contributed by atoms with van der Waals surface area (Å²) in [5.41, 5.74) is 0.668. The minimum atomic E-state index is -0.285. The Hall–Kier alpha value is -2.40. The van der Waals surface area contributed by atoms with Crippen LogP contribution in [0.15, 0.2) is 48.5 Å². The van der Waals surface area contributed by atoms with Crippen molar-refractivity contribution < 1.29 is 14.3 Å². The van der Waals surface area contributed by atoms with E-state index in [9.17, 15) is 4.79 Å². The number of carbonyl (C=O) groups is 1.